The Kier molecular flexibility index (Phi) is 3.36. The molecule has 6 nitrogen and oxygen atoms in total. The summed E-state index contributed by atoms with van der Waals surface area (Å²) in [6.07, 6.45) is 3.24. The van der Waals surface area contributed by atoms with Crippen molar-refractivity contribution in [3.63, 3.8) is 0 Å². The molecule has 0 unspecified atom stereocenters. The zero-order chi connectivity index (χ0) is 13.1. The van der Waals surface area contributed by atoms with Crippen molar-refractivity contribution in [1.82, 2.24) is 19.7 Å². The monoisotopic (exact) mass is 245 g/mol. The van der Waals surface area contributed by atoms with E-state index in [-0.39, 0.29) is 5.91 Å². The third-order valence-corrected chi connectivity index (χ3v) is 2.62. The number of aromatic nitrogens is 4. The predicted octanol–water partition coefficient (Wildman–Crippen LogP) is 1.59. The number of nitrogens with zero attached hydrogens (tertiary/aromatic N) is 4. The van der Waals surface area contributed by atoms with E-state index in [1.54, 1.807) is 23.9 Å². The second-order valence-electron chi connectivity index (χ2n) is 4.35. The lowest BCUT2D eigenvalue weighted by Gasteiger charge is -2.06. The molecule has 1 amide bonds. The molecule has 0 saturated carbocycles. The highest BCUT2D eigenvalue weighted by Gasteiger charge is 2.11. The summed E-state index contributed by atoms with van der Waals surface area (Å²) in [6, 6.07) is 3.62. The average Bonchev–Trinajstić information content (AvgIpc) is 2.75. The molecule has 0 spiro atoms. The molecule has 2 heterocycles. The number of amides is 1. The van der Waals surface area contributed by atoms with Gasteiger partial charge in [0, 0.05) is 13.2 Å². The normalized spacial score (nSPS) is 10.7. The van der Waals surface area contributed by atoms with E-state index in [9.17, 15) is 4.79 Å². The van der Waals surface area contributed by atoms with Gasteiger partial charge in [0.1, 0.15) is 12.0 Å². The molecule has 0 atom stereocenters. The molecule has 0 bridgehead atoms. The van der Waals surface area contributed by atoms with Crippen molar-refractivity contribution in [2.24, 2.45) is 7.05 Å². The quantitative estimate of drug-likeness (QED) is 0.891. The molecular formula is C12H15N5O. The van der Waals surface area contributed by atoms with Crippen molar-refractivity contribution in [3.05, 3.63) is 35.9 Å². The molecule has 2 aromatic heterocycles. The van der Waals surface area contributed by atoms with E-state index in [0.717, 1.165) is 5.56 Å². The molecule has 0 aliphatic rings. The second-order valence-corrected chi connectivity index (χ2v) is 4.35. The van der Waals surface area contributed by atoms with E-state index in [2.05, 4.69) is 34.3 Å². The fourth-order valence-electron chi connectivity index (χ4n) is 1.44. The lowest BCUT2D eigenvalue weighted by molar-refractivity contribution is 0.102. The van der Waals surface area contributed by atoms with Gasteiger partial charge >= 0.3 is 0 Å². The third-order valence-electron chi connectivity index (χ3n) is 2.62. The van der Waals surface area contributed by atoms with E-state index in [1.807, 2.05) is 6.07 Å². The Hall–Kier alpha value is -2.24. The van der Waals surface area contributed by atoms with Gasteiger partial charge in [-0.15, -0.1) is 10.2 Å². The summed E-state index contributed by atoms with van der Waals surface area (Å²) in [5, 5.41) is 10.1. The first-order valence-corrected chi connectivity index (χ1v) is 5.69. The van der Waals surface area contributed by atoms with Gasteiger partial charge in [0.25, 0.3) is 5.91 Å². The molecule has 2 rings (SSSR count). The van der Waals surface area contributed by atoms with Gasteiger partial charge in [-0.3, -0.25) is 15.1 Å². The van der Waals surface area contributed by atoms with Gasteiger partial charge in [0.15, 0.2) is 0 Å². The molecule has 2 aromatic rings. The lowest BCUT2D eigenvalue weighted by atomic mass is 10.1. The van der Waals surface area contributed by atoms with Crippen LogP contribution in [-0.2, 0) is 7.05 Å². The zero-order valence-electron chi connectivity index (χ0n) is 10.6. The number of rotatable bonds is 3. The second kappa shape index (κ2) is 4.95. The molecule has 94 valence electrons. The Morgan fingerprint density at radius 2 is 2.17 bits per heavy atom. The highest BCUT2D eigenvalue weighted by molar-refractivity contribution is 6.01. The van der Waals surface area contributed by atoms with Crippen LogP contribution < -0.4 is 5.32 Å². The Morgan fingerprint density at radius 1 is 1.39 bits per heavy atom. The maximum Gasteiger partial charge on any atom is 0.276 e. The van der Waals surface area contributed by atoms with E-state index in [4.69, 9.17) is 0 Å². The van der Waals surface area contributed by atoms with Crippen LogP contribution in [0.15, 0.2) is 24.7 Å². The van der Waals surface area contributed by atoms with Crippen LogP contribution in [-0.4, -0.2) is 25.7 Å². The van der Waals surface area contributed by atoms with Crippen LogP contribution in [0.5, 0.6) is 0 Å². The summed E-state index contributed by atoms with van der Waals surface area (Å²) in [7, 11) is 1.75. The largest absolute Gasteiger partial charge is 0.303 e. The van der Waals surface area contributed by atoms with Crippen LogP contribution in [0.2, 0.25) is 0 Å². The Bertz CT molecular complexity index is 544. The van der Waals surface area contributed by atoms with Crippen molar-refractivity contribution in [2.45, 2.75) is 19.8 Å². The maximum atomic E-state index is 11.9. The minimum atomic E-state index is -0.290. The molecule has 0 aliphatic carbocycles. The van der Waals surface area contributed by atoms with Gasteiger partial charge in [0.2, 0.25) is 5.95 Å². The third kappa shape index (κ3) is 2.53. The number of hydrogen-bond donors (Lipinski definition) is 1. The van der Waals surface area contributed by atoms with Crippen LogP contribution in [0.1, 0.15) is 35.8 Å². The maximum absolute atomic E-state index is 11.9. The summed E-state index contributed by atoms with van der Waals surface area (Å²) in [6.45, 7) is 4.16. The molecular weight excluding hydrogens is 230 g/mol. The van der Waals surface area contributed by atoms with Gasteiger partial charge in [-0.2, -0.15) is 0 Å². The van der Waals surface area contributed by atoms with Crippen molar-refractivity contribution >= 4 is 11.9 Å². The smallest absolute Gasteiger partial charge is 0.276 e. The van der Waals surface area contributed by atoms with Crippen LogP contribution >= 0.6 is 0 Å². The molecule has 0 radical (unpaired) electrons. The first-order valence-electron chi connectivity index (χ1n) is 5.69. The summed E-state index contributed by atoms with van der Waals surface area (Å²) >= 11 is 0. The van der Waals surface area contributed by atoms with Crippen molar-refractivity contribution in [1.29, 1.82) is 0 Å². The lowest BCUT2D eigenvalue weighted by Crippen LogP contribution is -2.16. The van der Waals surface area contributed by atoms with E-state index in [0.29, 0.717) is 17.6 Å². The van der Waals surface area contributed by atoms with Crippen LogP contribution in [0.25, 0.3) is 0 Å². The Labute approximate surface area is 105 Å². The summed E-state index contributed by atoms with van der Waals surface area (Å²) in [4.78, 5) is 16.0. The van der Waals surface area contributed by atoms with Gasteiger partial charge in [0.05, 0.1) is 0 Å². The molecule has 0 saturated heterocycles. The summed E-state index contributed by atoms with van der Waals surface area (Å²) in [5.74, 6) is 0.504. The predicted molar refractivity (Wildman–Crippen MR) is 67.3 cm³/mol. The van der Waals surface area contributed by atoms with Crippen molar-refractivity contribution in [2.75, 3.05) is 5.32 Å². The van der Waals surface area contributed by atoms with Crippen LogP contribution in [0.4, 0.5) is 5.95 Å². The van der Waals surface area contributed by atoms with Gasteiger partial charge in [-0.25, -0.2) is 0 Å². The number of pyridine rings is 1. The highest BCUT2D eigenvalue weighted by atomic mass is 16.2. The Morgan fingerprint density at radius 3 is 2.67 bits per heavy atom. The first-order chi connectivity index (χ1) is 8.58. The van der Waals surface area contributed by atoms with Crippen LogP contribution in [0, 0.1) is 0 Å². The van der Waals surface area contributed by atoms with Crippen molar-refractivity contribution < 1.29 is 4.79 Å². The van der Waals surface area contributed by atoms with Crippen LogP contribution in [0.3, 0.4) is 0 Å². The van der Waals surface area contributed by atoms with E-state index in [1.165, 1.54) is 6.33 Å². The van der Waals surface area contributed by atoms with E-state index < -0.39 is 0 Å². The number of nitrogens with one attached hydrogen (secondary N) is 1. The SMILES string of the molecule is CC(C)c1ccc(C(=O)Nc2nncn2C)nc1. The Balaban J connectivity index is 2.12. The average molecular weight is 245 g/mol. The number of carbonyl (C=O) groups is 1. The van der Waals surface area contributed by atoms with Gasteiger partial charge < -0.3 is 4.57 Å². The fourth-order valence-corrected chi connectivity index (χ4v) is 1.44. The first kappa shape index (κ1) is 12.2. The number of aryl methyl sites for hydroxylation is 1. The molecule has 0 aromatic carbocycles. The topological polar surface area (TPSA) is 72.7 Å². The highest BCUT2D eigenvalue weighted by Crippen LogP contribution is 2.13. The molecule has 0 aliphatic heterocycles. The number of anilines is 1. The zero-order valence-corrected chi connectivity index (χ0v) is 10.6. The molecule has 18 heavy (non-hydrogen) atoms. The molecule has 0 fully saturated rings. The van der Waals surface area contributed by atoms with Gasteiger partial charge in [-0.05, 0) is 17.5 Å². The fraction of sp³-hybridized carbons (Fsp3) is 0.333. The molecule has 6 heteroatoms. The number of carbonyl (C=O) groups excluding carboxylic acids is 1. The number of hydrogen-bond acceptors (Lipinski definition) is 4. The minimum absolute atomic E-state index is 0.290. The van der Waals surface area contributed by atoms with Gasteiger partial charge in [-0.1, -0.05) is 19.9 Å². The minimum Gasteiger partial charge on any atom is -0.303 e. The van der Waals surface area contributed by atoms with E-state index >= 15 is 0 Å². The standard InChI is InChI=1S/C12H15N5O/c1-8(2)9-4-5-10(13-6-9)11(18)15-12-16-14-7-17(12)3/h4-8H,1-3H3,(H,15,16,18). The van der Waals surface area contributed by atoms with Crippen molar-refractivity contribution in [3.8, 4) is 0 Å². The summed E-state index contributed by atoms with van der Waals surface area (Å²) in [5.41, 5.74) is 1.47. The summed E-state index contributed by atoms with van der Waals surface area (Å²) < 4.78 is 1.63. The molecule has 1 N–H and O–H groups in total.